The number of H-pyrrole nitrogens is 1. The number of nitrogens with two attached hydrogens (primary N) is 1. The summed E-state index contributed by atoms with van der Waals surface area (Å²) in [5, 5.41) is 8.03. The van der Waals surface area contributed by atoms with E-state index in [2.05, 4.69) is 20.1 Å². The summed E-state index contributed by atoms with van der Waals surface area (Å²) >= 11 is 5.99. The molecule has 0 spiro atoms. The Balaban J connectivity index is 1.70. The molecule has 0 bridgehead atoms. The smallest absolute Gasteiger partial charge is 0.244 e. The van der Waals surface area contributed by atoms with Gasteiger partial charge in [0.1, 0.15) is 5.82 Å². The number of piperidine rings is 1. The number of aromatic amines is 1. The minimum absolute atomic E-state index is 0.221. The first-order valence-corrected chi connectivity index (χ1v) is 7.25. The van der Waals surface area contributed by atoms with Crippen molar-refractivity contribution < 1.29 is 0 Å². The molecule has 0 amide bonds. The predicted octanol–water partition coefficient (Wildman–Crippen LogP) is 1.98. The third-order valence-corrected chi connectivity index (χ3v) is 3.76. The van der Waals surface area contributed by atoms with Gasteiger partial charge in [0.15, 0.2) is 0 Å². The first-order valence-electron chi connectivity index (χ1n) is 6.87. The van der Waals surface area contributed by atoms with Crippen molar-refractivity contribution in [3.05, 3.63) is 40.7 Å². The Bertz CT molecular complexity index is 582. The van der Waals surface area contributed by atoms with Crippen LogP contribution < -0.4 is 10.6 Å². The second-order valence-corrected chi connectivity index (χ2v) is 5.67. The van der Waals surface area contributed by atoms with E-state index in [1.807, 2.05) is 24.3 Å². The Hall–Kier alpha value is -1.59. The summed E-state index contributed by atoms with van der Waals surface area (Å²) in [4.78, 5) is 6.70. The van der Waals surface area contributed by atoms with Crippen LogP contribution in [0.3, 0.4) is 0 Å². The summed E-state index contributed by atoms with van der Waals surface area (Å²) in [5.74, 6) is 1.60. The molecule has 3 N–H and O–H groups in total. The summed E-state index contributed by atoms with van der Waals surface area (Å²) < 4.78 is 0. The van der Waals surface area contributed by atoms with E-state index in [-0.39, 0.29) is 6.04 Å². The van der Waals surface area contributed by atoms with Gasteiger partial charge >= 0.3 is 0 Å². The average molecular weight is 292 g/mol. The number of rotatable bonds is 3. The van der Waals surface area contributed by atoms with Crippen LogP contribution in [0, 0.1) is 0 Å². The summed E-state index contributed by atoms with van der Waals surface area (Å²) in [6, 6.07) is 8.01. The molecule has 6 heteroatoms. The normalized spacial score (nSPS) is 19.3. The molecule has 5 nitrogen and oxygen atoms in total. The second kappa shape index (κ2) is 5.81. The predicted molar refractivity (Wildman–Crippen MR) is 80.1 cm³/mol. The molecule has 1 atom stereocenters. The van der Waals surface area contributed by atoms with Gasteiger partial charge in [-0.25, -0.2) is 0 Å². The fourth-order valence-electron chi connectivity index (χ4n) is 2.54. The molecule has 1 aliphatic rings. The lowest BCUT2D eigenvalue weighted by atomic mass is 10.1. The van der Waals surface area contributed by atoms with Crippen molar-refractivity contribution in [1.82, 2.24) is 15.2 Å². The SMILES string of the molecule is NC1CCCN(c2n[nH]c(Cc3cccc(Cl)c3)n2)C1. The molecule has 1 aromatic carbocycles. The Morgan fingerprint density at radius 2 is 2.35 bits per heavy atom. The van der Waals surface area contributed by atoms with Gasteiger partial charge in [-0.15, -0.1) is 5.10 Å². The Labute approximate surface area is 123 Å². The van der Waals surface area contributed by atoms with Crippen LogP contribution in [-0.2, 0) is 6.42 Å². The van der Waals surface area contributed by atoms with E-state index in [1.54, 1.807) is 0 Å². The van der Waals surface area contributed by atoms with Crippen molar-refractivity contribution in [3.63, 3.8) is 0 Å². The molecule has 106 valence electrons. The second-order valence-electron chi connectivity index (χ2n) is 5.24. The summed E-state index contributed by atoms with van der Waals surface area (Å²) in [5.41, 5.74) is 7.11. The summed E-state index contributed by atoms with van der Waals surface area (Å²) in [6.45, 7) is 1.80. The molecule has 20 heavy (non-hydrogen) atoms. The molecular formula is C14H18ClN5. The molecule has 3 rings (SSSR count). The van der Waals surface area contributed by atoms with Gasteiger partial charge in [0.2, 0.25) is 5.95 Å². The zero-order valence-corrected chi connectivity index (χ0v) is 12.0. The standard InChI is InChI=1S/C14H18ClN5/c15-11-4-1-3-10(7-11)8-13-17-14(19-18-13)20-6-2-5-12(16)9-20/h1,3-4,7,12H,2,5-6,8-9,16H2,(H,17,18,19). The molecule has 1 aromatic heterocycles. The van der Waals surface area contributed by atoms with E-state index in [1.165, 1.54) is 0 Å². The highest BCUT2D eigenvalue weighted by atomic mass is 35.5. The van der Waals surface area contributed by atoms with E-state index in [9.17, 15) is 0 Å². The average Bonchev–Trinajstić information content (AvgIpc) is 2.87. The molecule has 1 unspecified atom stereocenters. The number of aromatic nitrogens is 3. The number of nitrogens with zero attached hydrogens (tertiary/aromatic N) is 3. The maximum absolute atomic E-state index is 5.99. The van der Waals surface area contributed by atoms with Crippen LogP contribution >= 0.6 is 11.6 Å². The van der Waals surface area contributed by atoms with Gasteiger partial charge in [-0.2, -0.15) is 4.98 Å². The van der Waals surface area contributed by atoms with E-state index < -0.39 is 0 Å². The van der Waals surface area contributed by atoms with Gasteiger partial charge in [-0.05, 0) is 30.5 Å². The molecule has 1 saturated heterocycles. The zero-order valence-electron chi connectivity index (χ0n) is 11.2. The first-order chi connectivity index (χ1) is 9.70. The van der Waals surface area contributed by atoms with E-state index >= 15 is 0 Å². The molecule has 1 fully saturated rings. The Kier molecular flexibility index (Phi) is 3.89. The lowest BCUT2D eigenvalue weighted by molar-refractivity contribution is 0.500. The third kappa shape index (κ3) is 3.11. The van der Waals surface area contributed by atoms with Gasteiger partial charge in [0.25, 0.3) is 0 Å². The van der Waals surface area contributed by atoms with Gasteiger partial charge in [0.05, 0.1) is 0 Å². The monoisotopic (exact) mass is 291 g/mol. The Morgan fingerprint density at radius 1 is 1.45 bits per heavy atom. The minimum Gasteiger partial charge on any atom is -0.338 e. The van der Waals surface area contributed by atoms with Crippen LogP contribution in [0.5, 0.6) is 0 Å². The van der Waals surface area contributed by atoms with Gasteiger partial charge in [-0.1, -0.05) is 23.7 Å². The van der Waals surface area contributed by atoms with Gasteiger partial charge in [0, 0.05) is 30.6 Å². The van der Waals surface area contributed by atoms with Crippen molar-refractivity contribution in [2.45, 2.75) is 25.3 Å². The van der Waals surface area contributed by atoms with Crippen molar-refractivity contribution >= 4 is 17.5 Å². The number of anilines is 1. The topological polar surface area (TPSA) is 70.8 Å². The van der Waals surface area contributed by atoms with Crippen LogP contribution in [0.15, 0.2) is 24.3 Å². The van der Waals surface area contributed by atoms with Crippen LogP contribution in [0.2, 0.25) is 5.02 Å². The molecule has 0 saturated carbocycles. The molecule has 2 aromatic rings. The molecule has 1 aliphatic heterocycles. The molecule has 0 aliphatic carbocycles. The lowest BCUT2D eigenvalue weighted by Gasteiger charge is -2.29. The highest BCUT2D eigenvalue weighted by Gasteiger charge is 2.20. The molecule has 2 heterocycles. The van der Waals surface area contributed by atoms with Crippen molar-refractivity contribution in [1.29, 1.82) is 0 Å². The fraction of sp³-hybridized carbons (Fsp3) is 0.429. The van der Waals surface area contributed by atoms with Crippen molar-refractivity contribution in [2.24, 2.45) is 5.73 Å². The first kappa shape index (κ1) is 13.4. The van der Waals surface area contributed by atoms with E-state index in [0.717, 1.165) is 48.3 Å². The summed E-state index contributed by atoms with van der Waals surface area (Å²) in [6.07, 6.45) is 2.88. The highest BCUT2D eigenvalue weighted by molar-refractivity contribution is 6.30. The van der Waals surface area contributed by atoms with Crippen molar-refractivity contribution in [2.75, 3.05) is 18.0 Å². The number of halogens is 1. The number of hydrogen-bond acceptors (Lipinski definition) is 4. The summed E-state index contributed by atoms with van der Waals surface area (Å²) in [7, 11) is 0. The lowest BCUT2D eigenvalue weighted by Crippen LogP contribution is -2.43. The van der Waals surface area contributed by atoms with Gasteiger partial charge < -0.3 is 10.6 Å². The zero-order chi connectivity index (χ0) is 13.9. The molecule has 0 radical (unpaired) electrons. The highest BCUT2D eigenvalue weighted by Crippen LogP contribution is 2.17. The Morgan fingerprint density at radius 3 is 3.15 bits per heavy atom. The quantitative estimate of drug-likeness (QED) is 0.907. The number of benzene rings is 1. The maximum Gasteiger partial charge on any atom is 0.244 e. The van der Waals surface area contributed by atoms with Crippen LogP contribution in [0.1, 0.15) is 24.2 Å². The van der Waals surface area contributed by atoms with Crippen LogP contribution in [0.4, 0.5) is 5.95 Å². The maximum atomic E-state index is 5.99. The van der Waals surface area contributed by atoms with Gasteiger partial charge in [-0.3, -0.25) is 5.10 Å². The minimum atomic E-state index is 0.221. The molecular weight excluding hydrogens is 274 g/mol. The van der Waals surface area contributed by atoms with Crippen LogP contribution in [0.25, 0.3) is 0 Å². The van der Waals surface area contributed by atoms with Crippen molar-refractivity contribution in [3.8, 4) is 0 Å². The van der Waals surface area contributed by atoms with E-state index in [0.29, 0.717) is 6.42 Å². The largest absolute Gasteiger partial charge is 0.338 e. The number of nitrogens with one attached hydrogen (secondary N) is 1. The van der Waals surface area contributed by atoms with Crippen LogP contribution in [-0.4, -0.2) is 34.3 Å². The fourth-order valence-corrected chi connectivity index (χ4v) is 2.75. The number of hydrogen-bond donors (Lipinski definition) is 2. The van der Waals surface area contributed by atoms with E-state index in [4.69, 9.17) is 17.3 Å². The third-order valence-electron chi connectivity index (χ3n) is 3.52.